The van der Waals surface area contributed by atoms with E-state index in [1.165, 1.54) is 4.88 Å². The maximum Gasteiger partial charge on any atom is 0.246 e. The fraction of sp³-hybridized carbons (Fsp3) is 0.357. The quantitative estimate of drug-likeness (QED) is 0.790. The lowest BCUT2D eigenvalue weighted by atomic mass is 10.2. The normalized spacial score (nSPS) is 11.2. The maximum atomic E-state index is 12.0. The van der Waals surface area contributed by atoms with E-state index in [9.17, 15) is 4.79 Å². The molecule has 0 fully saturated rings. The monoisotopic (exact) mass is 290 g/mol. The Labute approximate surface area is 122 Å². The summed E-state index contributed by atoms with van der Waals surface area (Å²) < 4.78 is 1.71. The van der Waals surface area contributed by atoms with Gasteiger partial charge in [0, 0.05) is 49.8 Å². The molecule has 0 radical (unpaired) electrons. The largest absolute Gasteiger partial charge is 0.342 e. The van der Waals surface area contributed by atoms with Gasteiger partial charge in [-0.2, -0.15) is 5.10 Å². The number of thiazole rings is 1. The standard InChI is InChI=1S/C14H18N4OS/c1-11-13(20-10-15-11)6-7-17(2)14(19)5-4-12-8-16-18(3)9-12/h4-5,8-10H,6-7H2,1-3H3/b5-4+. The van der Waals surface area contributed by atoms with Gasteiger partial charge in [-0.1, -0.05) is 0 Å². The summed E-state index contributed by atoms with van der Waals surface area (Å²) >= 11 is 1.64. The van der Waals surface area contributed by atoms with E-state index >= 15 is 0 Å². The molecule has 0 saturated carbocycles. The van der Waals surface area contributed by atoms with E-state index in [2.05, 4.69) is 10.1 Å². The molecule has 0 aliphatic heterocycles. The number of aromatic nitrogens is 3. The zero-order valence-electron chi connectivity index (χ0n) is 11.9. The number of rotatable bonds is 5. The van der Waals surface area contributed by atoms with Crippen molar-refractivity contribution in [3.05, 3.63) is 40.1 Å². The second kappa shape index (κ2) is 6.47. The first-order chi connectivity index (χ1) is 9.56. The summed E-state index contributed by atoms with van der Waals surface area (Å²) in [5.74, 6) is -0.00368. The van der Waals surface area contributed by atoms with Crippen LogP contribution in [0.1, 0.15) is 16.1 Å². The van der Waals surface area contributed by atoms with Crippen molar-refractivity contribution in [2.24, 2.45) is 7.05 Å². The van der Waals surface area contributed by atoms with Crippen molar-refractivity contribution >= 4 is 23.3 Å². The minimum atomic E-state index is -0.00368. The van der Waals surface area contributed by atoms with Crippen LogP contribution < -0.4 is 0 Å². The molecule has 106 valence electrons. The molecule has 0 aromatic carbocycles. The van der Waals surface area contributed by atoms with Crippen LogP contribution in [-0.2, 0) is 18.3 Å². The van der Waals surface area contributed by atoms with Crippen LogP contribution >= 0.6 is 11.3 Å². The minimum absolute atomic E-state index is 0.00368. The summed E-state index contributed by atoms with van der Waals surface area (Å²) in [5.41, 5.74) is 3.82. The van der Waals surface area contributed by atoms with Gasteiger partial charge >= 0.3 is 0 Å². The fourth-order valence-electron chi connectivity index (χ4n) is 1.77. The van der Waals surface area contributed by atoms with Gasteiger partial charge in [0.1, 0.15) is 0 Å². The third-order valence-corrected chi connectivity index (χ3v) is 4.03. The molecule has 1 amide bonds. The highest BCUT2D eigenvalue weighted by molar-refractivity contribution is 7.09. The van der Waals surface area contributed by atoms with Crippen molar-refractivity contribution in [1.29, 1.82) is 0 Å². The molecule has 6 heteroatoms. The lowest BCUT2D eigenvalue weighted by Crippen LogP contribution is -2.26. The van der Waals surface area contributed by atoms with E-state index in [4.69, 9.17) is 0 Å². The Bertz CT molecular complexity index is 614. The summed E-state index contributed by atoms with van der Waals surface area (Å²) in [7, 11) is 3.66. The highest BCUT2D eigenvalue weighted by Gasteiger charge is 2.07. The maximum absolute atomic E-state index is 12.0. The van der Waals surface area contributed by atoms with Crippen LogP contribution in [0.2, 0.25) is 0 Å². The number of likely N-dealkylation sites (N-methyl/N-ethyl adjacent to an activating group) is 1. The van der Waals surface area contributed by atoms with Gasteiger partial charge in [0.25, 0.3) is 0 Å². The van der Waals surface area contributed by atoms with E-state index in [1.807, 2.05) is 32.7 Å². The van der Waals surface area contributed by atoms with E-state index in [0.717, 1.165) is 17.7 Å². The first-order valence-electron chi connectivity index (χ1n) is 6.37. The number of hydrogen-bond donors (Lipinski definition) is 0. The number of carbonyl (C=O) groups excluding carboxylic acids is 1. The molecule has 0 aliphatic rings. The van der Waals surface area contributed by atoms with Crippen LogP contribution in [0.3, 0.4) is 0 Å². The molecule has 0 saturated heterocycles. The second-order valence-corrected chi connectivity index (χ2v) is 5.59. The number of aryl methyl sites for hydroxylation is 2. The molecule has 2 heterocycles. The third-order valence-electron chi connectivity index (χ3n) is 3.04. The number of nitrogens with zero attached hydrogens (tertiary/aromatic N) is 4. The first kappa shape index (κ1) is 14.5. The molecule has 0 aliphatic carbocycles. The summed E-state index contributed by atoms with van der Waals surface area (Å²) in [6.45, 7) is 2.69. The fourth-order valence-corrected chi connectivity index (χ4v) is 2.54. The summed E-state index contributed by atoms with van der Waals surface area (Å²) in [6, 6.07) is 0. The number of hydrogen-bond acceptors (Lipinski definition) is 4. The van der Waals surface area contributed by atoms with Crippen molar-refractivity contribution < 1.29 is 4.79 Å². The van der Waals surface area contributed by atoms with Crippen LogP contribution in [0, 0.1) is 6.92 Å². The molecule has 0 spiro atoms. The summed E-state index contributed by atoms with van der Waals surface area (Å²) in [4.78, 5) is 19.1. The highest BCUT2D eigenvalue weighted by Crippen LogP contribution is 2.13. The Morgan fingerprint density at radius 1 is 1.55 bits per heavy atom. The van der Waals surface area contributed by atoms with Crippen LogP contribution in [-0.4, -0.2) is 39.2 Å². The van der Waals surface area contributed by atoms with Gasteiger partial charge in [-0.3, -0.25) is 9.48 Å². The van der Waals surface area contributed by atoms with Crippen molar-refractivity contribution in [3.8, 4) is 0 Å². The SMILES string of the molecule is Cc1ncsc1CCN(C)C(=O)/C=C/c1cnn(C)c1. The average molecular weight is 290 g/mol. The van der Waals surface area contributed by atoms with Gasteiger partial charge in [0.05, 0.1) is 17.4 Å². The van der Waals surface area contributed by atoms with E-state index in [1.54, 1.807) is 39.3 Å². The molecular formula is C14H18N4OS. The molecule has 2 aromatic heterocycles. The smallest absolute Gasteiger partial charge is 0.246 e. The van der Waals surface area contributed by atoms with Crippen molar-refractivity contribution in [2.45, 2.75) is 13.3 Å². The Morgan fingerprint density at radius 2 is 2.35 bits per heavy atom. The lowest BCUT2D eigenvalue weighted by Gasteiger charge is -2.14. The van der Waals surface area contributed by atoms with Gasteiger partial charge in [0.2, 0.25) is 5.91 Å². The molecule has 0 N–H and O–H groups in total. The molecule has 2 rings (SSSR count). The van der Waals surface area contributed by atoms with Crippen LogP contribution in [0.5, 0.6) is 0 Å². The zero-order chi connectivity index (χ0) is 14.5. The first-order valence-corrected chi connectivity index (χ1v) is 7.25. The predicted molar refractivity (Wildman–Crippen MR) is 80.4 cm³/mol. The van der Waals surface area contributed by atoms with E-state index in [0.29, 0.717) is 6.54 Å². The van der Waals surface area contributed by atoms with Gasteiger partial charge in [0.15, 0.2) is 0 Å². The van der Waals surface area contributed by atoms with Crippen molar-refractivity contribution in [1.82, 2.24) is 19.7 Å². The Balaban J connectivity index is 1.86. The molecular weight excluding hydrogens is 272 g/mol. The number of carbonyl (C=O) groups is 1. The Kier molecular flexibility index (Phi) is 4.68. The average Bonchev–Trinajstić information content (AvgIpc) is 3.02. The summed E-state index contributed by atoms with van der Waals surface area (Å²) in [6.07, 6.45) is 7.80. The number of amides is 1. The third kappa shape index (κ3) is 3.77. The van der Waals surface area contributed by atoms with Crippen LogP contribution in [0.15, 0.2) is 24.0 Å². The van der Waals surface area contributed by atoms with E-state index < -0.39 is 0 Å². The Hall–Kier alpha value is -1.95. The van der Waals surface area contributed by atoms with Crippen molar-refractivity contribution in [2.75, 3.05) is 13.6 Å². The molecule has 0 atom stereocenters. The van der Waals surface area contributed by atoms with Gasteiger partial charge in [-0.15, -0.1) is 11.3 Å². The van der Waals surface area contributed by atoms with Gasteiger partial charge in [-0.05, 0) is 13.0 Å². The molecule has 0 bridgehead atoms. The topological polar surface area (TPSA) is 51.0 Å². The molecule has 2 aromatic rings. The summed E-state index contributed by atoms with van der Waals surface area (Å²) in [5, 5.41) is 4.05. The van der Waals surface area contributed by atoms with Crippen molar-refractivity contribution in [3.63, 3.8) is 0 Å². The lowest BCUT2D eigenvalue weighted by molar-refractivity contribution is -0.124. The van der Waals surface area contributed by atoms with Crippen LogP contribution in [0.25, 0.3) is 6.08 Å². The van der Waals surface area contributed by atoms with E-state index in [-0.39, 0.29) is 5.91 Å². The molecule has 20 heavy (non-hydrogen) atoms. The highest BCUT2D eigenvalue weighted by atomic mass is 32.1. The second-order valence-electron chi connectivity index (χ2n) is 4.65. The van der Waals surface area contributed by atoms with Gasteiger partial charge < -0.3 is 4.90 Å². The van der Waals surface area contributed by atoms with Crippen LogP contribution in [0.4, 0.5) is 0 Å². The Morgan fingerprint density at radius 3 is 2.95 bits per heavy atom. The molecule has 0 unspecified atom stereocenters. The zero-order valence-corrected chi connectivity index (χ0v) is 12.7. The molecule has 5 nitrogen and oxygen atoms in total. The van der Waals surface area contributed by atoms with Gasteiger partial charge in [-0.25, -0.2) is 4.98 Å². The predicted octanol–water partition coefficient (Wildman–Crippen LogP) is 1.90. The minimum Gasteiger partial charge on any atom is -0.342 e.